The second-order valence-electron chi connectivity index (χ2n) is 7.08. The lowest BCUT2D eigenvalue weighted by Crippen LogP contribution is -2.32. The third-order valence-corrected chi connectivity index (χ3v) is 5.18. The Balaban J connectivity index is 1.59. The van der Waals surface area contributed by atoms with Gasteiger partial charge in [0.15, 0.2) is 0 Å². The number of nitrogens with zero attached hydrogens (tertiary/aromatic N) is 1. The molecule has 0 spiro atoms. The highest BCUT2D eigenvalue weighted by atomic mass is 35.5. The molecule has 0 radical (unpaired) electrons. The molecule has 0 aliphatic heterocycles. The number of imidazole rings is 1. The number of fused-ring (bicyclic) bond motifs is 1. The fraction of sp³-hybridized carbons (Fsp3) is 0.167. The number of hydrogen-bond acceptors (Lipinski definition) is 3. The smallest absolute Gasteiger partial charge is 0.225 e. The third-order valence-electron chi connectivity index (χ3n) is 4.95. The Morgan fingerprint density at radius 3 is 2.63 bits per heavy atom. The van der Waals surface area contributed by atoms with Gasteiger partial charge in [0.2, 0.25) is 5.91 Å². The van der Waals surface area contributed by atoms with Crippen molar-refractivity contribution in [1.29, 1.82) is 0 Å². The first-order chi connectivity index (χ1) is 14.6. The lowest BCUT2D eigenvalue weighted by Gasteiger charge is -2.18. The van der Waals surface area contributed by atoms with Crippen LogP contribution in [0.25, 0.3) is 11.0 Å². The van der Waals surface area contributed by atoms with Crippen molar-refractivity contribution >= 4 is 28.5 Å². The largest absolute Gasteiger partial charge is 0.496 e. The Morgan fingerprint density at radius 2 is 1.87 bits per heavy atom. The zero-order chi connectivity index (χ0) is 20.9. The summed E-state index contributed by atoms with van der Waals surface area (Å²) < 4.78 is 5.37. The van der Waals surface area contributed by atoms with Gasteiger partial charge in [0.25, 0.3) is 0 Å². The fourth-order valence-corrected chi connectivity index (χ4v) is 3.70. The van der Waals surface area contributed by atoms with Gasteiger partial charge in [-0.3, -0.25) is 4.79 Å². The maximum atomic E-state index is 12.9. The number of amides is 1. The molecule has 0 unspecified atom stereocenters. The number of H-pyrrole nitrogens is 1. The zero-order valence-corrected chi connectivity index (χ0v) is 17.3. The van der Waals surface area contributed by atoms with E-state index in [0.29, 0.717) is 17.2 Å². The van der Waals surface area contributed by atoms with E-state index >= 15 is 0 Å². The quantitative estimate of drug-likeness (QED) is 0.449. The maximum absolute atomic E-state index is 12.9. The van der Waals surface area contributed by atoms with E-state index in [1.54, 1.807) is 25.3 Å². The molecule has 0 aliphatic rings. The number of carbonyl (C=O) groups excluding carboxylic acids is 1. The highest BCUT2D eigenvalue weighted by Gasteiger charge is 2.20. The molecule has 152 valence electrons. The van der Waals surface area contributed by atoms with Crippen molar-refractivity contribution in [2.75, 3.05) is 7.11 Å². The predicted octanol–water partition coefficient (Wildman–Crippen LogP) is 4.87. The molecule has 4 aromatic rings. The molecular formula is C24H22ClN3O2. The average Bonchev–Trinajstić information content (AvgIpc) is 3.18. The highest BCUT2D eigenvalue weighted by molar-refractivity contribution is 6.30. The zero-order valence-electron chi connectivity index (χ0n) is 16.6. The molecular weight excluding hydrogens is 398 g/mol. The highest BCUT2D eigenvalue weighted by Crippen LogP contribution is 2.24. The van der Waals surface area contributed by atoms with Crippen LogP contribution in [0.3, 0.4) is 0 Å². The molecule has 30 heavy (non-hydrogen) atoms. The summed E-state index contributed by atoms with van der Waals surface area (Å²) >= 11 is 6.11. The Hall–Kier alpha value is -3.31. The summed E-state index contributed by atoms with van der Waals surface area (Å²) in [4.78, 5) is 21.0. The van der Waals surface area contributed by atoms with Crippen molar-refractivity contribution in [3.63, 3.8) is 0 Å². The SMILES string of the molecule is COc1ccc(Cl)cc1CC(=O)N[C@@H](Cc1ccccc1)c1nc2ccccc2[nH]1. The van der Waals surface area contributed by atoms with Gasteiger partial charge in [-0.1, -0.05) is 54.1 Å². The second-order valence-corrected chi connectivity index (χ2v) is 7.52. The fourth-order valence-electron chi connectivity index (χ4n) is 3.51. The molecule has 3 aromatic carbocycles. The third kappa shape index (κ3) is 4.63. The van der Waals surface area contributed by atoms with E-state index in [0.717, 1.165) is 28.0 Å². The first kappa shape index (κ1) is 20.0. The maximum Gasteiger partial charge on any atom is 0.225 e. The molecule has 1 aromatic heterocycles. The van der Waals surface area contributed by atoms with Crippen molar-refractivity contribution in [1.82, 2.24) is 15.3 Å². The lowest BCUT2D eigenvalue weighted by atomic mass is 10.0. The number of ether oxygens (including phenoxy) is 1. The molecule has 2 N–H and O–H groups in total. The molecule has 1 atom stereocenters. The summed E-state index contributed by atoms with van der Waals surface area (Å²) in [7, 11) is 1.58. The monoisotopic (exact) mass is 419 g/mol. The summed E-state index contributed by atoms with van der Waals surface area (Å²) in [5.74, 6) is 1.24. The van der Waals surface area contributed by atoms with E-state index in [9.17, 15) is 4.79 Å². The van der Waals surface area contributed by atoms with Crippen LogP contribution in [0.15, 0.2) is 72.8 Å². The summed E-state index contributed by atoms with van der Waals surface area (Å²) in [6, 6.07) is 22.9. The molecule has 0 saturated heterocycles. The minimum absolute atomic E-state index is 0.128. The molecule has 0 saturated carbocycles. The van der Waals surface area contributed by atoms with Crippen molar-refractivity contribution in [2.24, 2.45) is 0 Å². The van der Waals surface area contributed by atoms with Crippen LogP contribution in [0.5, 0.6) is 5.75 Å². The number of carbonyl (C=O) groups is 1. The minimum Gasteiger partial charge on any atom is -0.496 e. The van der Waals surface area contributed by atoms with Gasteiger partial charge >= 0.3 is 0 Å². The predicted molar refractivity (Wildman–Crippen MR) is 119 cm³/mol. The molecule has 0 bridgehead atoms. The van der Waals surface area contributed by atoms with E-state index in [1.165, 1.54) is 0 Å². The molecule has 4 rings (SSSR count). The molecule has 1 heterocycles. The van der Waals surface area contributed by atoms with Crippen LogP contribution in [0.4, 0.5) is 0 Å². The number of aromatic nitrogens is 2. The first-order valence-corrected chi connectivity index (χ1v) is 10.1. The molecule has 5 nitrogen and oxygen atoms in total. The molecule has 1 amide bonds. The Morgan fingerprint density at radius 1 is 1.10 bits per heavy atom. The Labute approximate surface area is 180 Å². The van der Waals surface area contributed by atoms with Gasteiger partial charge in [-0.25, -0.2) is 4.98 Å². The Bertz CT molecular complexity index is 1120. The normalized spacial score (nSPS) is 11.9. The van der Waals surface area contributed by atoms with Gasteiger partial charge in [-0.2, -0.15) is 0 Å². The van der Waals surface area contributed by atoms with Crippen LogP contribution in [-0.2, 0) is 17.6 Å². The summed E-state index contributed by atoms with van der Waals surface area (Å²) in [6.07, 6.45) is 0.786. The number of methoxy groups -OCH3 is 1. The van der Waals surface area contributed by atoms with Crippen LogP contribution in [-0.4, -0.2) is 23.0 Å². The van der Waals surface area contributed by atoms with Crippen molar-refractivity contribution in [2.45, 2.75) is 18.9 Å². The van der Waals surface area contributed by atoms with Crippen LogP contribution in [0.2, 0.25) is 5.02 Å². The van der Waals surface area contributed by atoms with Crippen LogP contribution < -0.4 is 10.1 Å². The van der Waals surface area contributed by atoms with E-state index in [4.69, 9.17) is 21.3 Å². The molecule has 0 aliphatic carbocycles. The van der Waals surface area contributed by atoms with E-state index in [2.05, 4.69) is 10.3 Å². The molecule has 6 heteroatoms. The number of halogens is 1. The average molecular weight is 420 g/mol. The number of hydrogen-bond donors (Lipinski definition) is 2. The number of nitrogens with one attached hydrogen (secondary N) is 2. The summed E-state index contributed by atoms with van der Waals surface area (Å²) in [5, 5.41) is 3.70. The van der Waals surface area contributed by atoms with Gasteiger partial charge in [-0.15, -0.1) is 0 Å². The van der Waals surface area contributed by atoms with E-state index < -0.39 is 0 Å². The van der Waals surface area contributed by atoms with Gasteiger partial charge in [-0.05, 0) is 42.3 Å². The topological polar surface area (TPSA) is 67.0 Å². The van der Waals surface area contributed by atoms with Crippen LogP contribution >= 0.6 is 11.6 Å². The Kier molecular flexibility index (Phi) is 6.00. The van der Waals surface area contributed by atoms with Gasteiger partial charge in [0.05, 0.1) is 30.6 Å². The van der Waals surface area contributed by atoms with Crippen molar-refractivity contribution in [3.05, 3.63) is 94.8 Å². The second kappa shape index (κ2) is 9.01. The van der Waals surface area contributed by atoms with Crippen LogP contribution in [0, 0.1) is 0 Å². The molecule has 0 fully saturated rings. The lowest BCUT2D eigenvalue weighted by molar-refractivity contribution is -0.121. The standard InChI is InChI=1S/C24H22ClN3O2/c1-30-22-12-11-18(25)14-17(22)15-23(29)26-21(13-16-7-3-2-4-8-16)24-27-19-9-5-6-10-20(19)28-24/h2-12,14,21H,13,15H2,1H3,(H,26,29)(H,27,28)/t21-/m0/s1. The number of benzene rings is 3. The number of rotatable bonds is 7. The van der Waals surface area contributed by atoms with Gasteiger partial charge < -0.3 is 15.0 Å². The van der Waals surface area contributed by atoms with E-state index in [1.807, 2.05) is 54.6 Å². The van der Waals surface area contributed by atoms with Gasteiger partial charge in [0, 0.05) is 10.6 Å². The summed E-state index contributed by atoms with van der Waals surface area (Å²) in [5.41, 5.74) is 3.67. The first-order valence-electron chi connectivity index (χ1n) is 9.73. The summed E-state index contributed by atoms with van der Waals surface area (Å²) in [6.45, 7) is 0. The number of aromatic amines is 1. The van der Waals surface area contributed by atoms with Gasteiger partial charge in [0.1, 0.15) is 11.6 Å². The van der Waals surface area contributed by atoms with E-state index in [-0.39, 0.29) is 18.4 Å². The number of para-hydroxylation sites is 2. The van der Waals surface area contributed by atoms with Crippen LogP contribution in [0.1, 0.15) is 23.0 Å². The van der Waals surface area contributed by atoms with Crippen molar-refractivity contribution < 1.29 is 9.53 Å². The minimum atomic E-state index is -0.294. The van der Waals surface area contributed by atoms with Crippen molar-refractivity contribution in [3.8, 4) is 5.75 Å².